The lowest BCUT2D eigenvalue weighted by molar-refractivity contribution is -0.118. The molecule has 0 aromatic carbocycles. The highest BCUT2D eigenvalue weighted by atomic mass is 32.2. The Bertz CT molecular complexity index is 852. The molecule has 2 aromatic heterocycles. The number of carbonyl (C=O) groups excluding carboxylic acids is 2. The fourth-order valence-electron chi connectivity index (χ4n) is 2.31. The number of nitrogens with zero attached hydrogens (tertiary/aromatic N) is 5. The Hall–Kier alpha value is -1.83. The van der Waals surface area contributed by atoms with Gasteiger partial charge in [0.15, 0.2) is 16.0 Å². The number of thiazole rings is 1. The second-order valence-electron chi connectivity index (χ2n) is 5.84. The van der Waals surface area contributed by atoms with Gasteiger partial charge in [0.1, 0.15) is 5.01 Å². The lowest BCUT2D eigenvalue weighted by Crippen LogP contribution is -2.32. The average Bonchev–Trinajstić information content (AvgIpc) is 3.19. The molecular weight excluding hydrogens is 390 g/mol. The number of ketones is 1. The maximum atomic E-state index is 12.4. The maximum absolute atomic E-state index is 12.4. The largest absolute Gasteiger partial charge is 0.297 e. The topological polar surface area (TPSA) is 99.8 Å². The molecule has 0 spiro atoms. The van der Waals surface area contributed by atoms with Crippen molar-refractivity contribution in [3.63, 3.8) is 0 Å². The fraction of sp³-hybridized carbons (Fsp3) is 0.500. The van der Waals surface area contributed by atoms with E-state index >= 15 is 0 Å². The minimum Gasteiger partial charge on any atom is -0.297 e. The Morgan fingerprint density at radius 3 is 2.81 bits per heavy atom. The summed E-state index contributed by atoms with van der Waals surface area (Å²) in [6, 6.07) is 2.26. The summed E-state index contributed by atoms with van der Waals surface area (Å²) >= 11 is 3.88. The smallest absolute Gasteiger partial charge is 0.228 e. The van der Waals surface area contributed by atoms with Crippen LogP contribution in [0.5, 0.6) is 0 Å². The summed E-state index contributed by atoms with van der Waals surface area (Å²) in [6.45, 7) is 3.66. The van der Waals surface area contributed by atoms with E-state index < -0.39 is 5.92 Å². The first-order valence-corrected chi connectivity index (χ1v) is 10.8. The van der Waals surface area contributed by atoms with E-state index in [1.165, 1.54) is 34.4 Å². The number of rotatable bonds is 8. The van der Waals surface area contributed by atoms with Gasteiger partial charge in [-0.2, -0.15) is 5.26 Å². The van der Waals surface area contributed by atoms with Crippen molar-refractivity contribution >= 4 is 51.3 Å². The van der Waals surface area contributed by atoms with Crippen LogP contribution in [0, 0.1) is 18.3 Å². The summed E-state index contributed by atoms with van der Waals surface area (Å²) in [4.78, 5) is 30.5. The Labute approximate surface area is 163 Å². The summed E-state index contributed by atoms with van der Waals surface area (Å²) < 4.78 is 0.620. The molecule has 0 saturated heterocycles. The van der Waals surface area contributed by atoms with E-state index in [4.69, 9.17) is 0 Å². The first-order valence-electron chi connectivity index (χ1n) is 8.16. The summed E-state index contributed by atoms with van der Waals surface area (Å²) in [7, 11) is 0. The van der Waals surface area contributed by atoms with Crippen molar-refractivity contribution in [3.8, 4) is 6.07 Å². The van der Waals surface area contributed by atoms with Gasteiger partial charge in [0, 0.05) is 23.5 Å². The normalized spacial score (nSPS) is 14.7. The number of thioether (sulfide) groups is 1. The molecule has 1 aliphatic rings. The zero-order chi connectivity index (χ0) is 18.7. The zero-order valence-corrected chi connectivity index (χ0v) is 16.8. The van der Waals surface area contributed by atoms with Gasteiger partial charge in [-0.3, -0.25) is 14.5 Å². The molecule has 1 aliphatic carbocycles. The number of nitriles is 1. The molecule has 0 bridgehead atoms. The molecule has 10 heteroatoms. The monoisotopic (exact) mass is 407 g/mol. The molecule has 2 heterocycles. The van der Waals surface area contributed by atoms with Crippen LogP contribution in [0.3, 0.4) is 0 Å². The van der Waals surface area contributed by atoms with Crippen LogP contribution >= 0.6 is 34.4 Å². The van der Waals surface area contributed by atoms with Gasteiger partial charge < -0.3 is 0 Å². The Kier molecular flexibility index (Phi) is 6.01. The highest BCUT2D eigenvalue weighted by molar-refractivity contribution is 8.01. The standard InChI is InChI=1S/C16H17N5O2S3/c1-3-13(23)21(10-4-5-10)15-19-20-16(26-15)25-8-12(22)11(6-17)14-18-9(2)7-24-14/h7,10-11H,3-5,8H2,1-2H3/t11-/m1/s1. The van der Waals surface area contributed by atoms with Gasteiger partial charge in [-0.05, 0) is 19.8 Å². The number of aromatic nitrogens is 3. The molecule has 7 nitrogen and oxygen atoms in total. The third-order valence-corrected chi connectivity index (χ3v) is 6.86. The van der Waals surface area contributed by atoms with Crippen molar-refractivity contribution in [2.75, 3.05) is 10.7 Å². The van der Waals surface area contributed by atoms with Gasteiger partial charge in [-0.25, -0.2) is 4.98 Å². The molecule has 1 atom stereocenters. The lowest BCUT2D eigenvalue weighted by Gasteiger charge is -2.17. The molecule has 0 radical (unpaired) electrons. The number of anilines is 1. The van der Waals surface area contributed by atoms with Crippen LogP contribution < -0.4 is 4.90 Å². The van der Waals surface area contributed by atoms with Crippen molar-refractivity contribution in [1.29, 1.82) is 5.26 Å². The van der Waals surface area contributed by atoms with Crippen molar-refractivity contribution in [2.24, 2.45) is 0 Å². The predicted molar refractivity (Wildman–Crippen MR) is 102 cm³/mol. The highest BCUT2D eigenvalue weighted by Gasteiger charge is 2.35. The predicted octanol–water partition coefficient (Wildman–Crippen LogP) is 3.18. The number of hydrogen-bond acceptors (Lipinski definition) is 9. The van der Waals surface area contributed by atoms with Gasteiger partial charge >= 0.3 is 0 Å². The van der Waals surface area contributed by atoms with Crippen LogP contribution in [-0.2, 0) is 9.59 Å². The van der Waals surface area contributed by atoms with Crippen molar-refractivity contribution < 1.29 is 9.59 Å². The SMILES string of the molecule is CCC(=O)N(c1nnc(SCC(=O)[C@@H](C#N)c2nc(C)cs2)s1)C1CC1. The van der Waals surface area contributed by atoms with E-state index in [-0.39, 0.29) is 23.5 Å². The Morgan fingerprint density at radius 2 is 2.23 bits per heavy atom. The molecule has 2 aromatic rings. The molecule has 1 amide bonds. The molecule has 1 saturated carbocycles. The second-order valence-corrected chi connectivity index (χ2v) is 8.91. The van der Waals surface area contributed by atoms with E-state index in [0.29, 0.717) is 20.9 Å². The van der Waals surface area contributed by atoms with Gasteiger partial charge in [0.2, 0.25) is 11.0 Å². The lowest BCUT2D eigenvalue weighted by atomic mass is 10.1. The van der Waals surface area contributed by atoms with Gasteiger partial charge in [-0.15, -0.1) is 21.5 Å². The van der Waals surface area contributed by atoms with E-state index in [1.807, 2.05) is 25.3 Å². The van der Waals surface area contributed by atoms with E-state index in [1.54, 1.807) is 4.90 Å². The third-order valence-electron chi connectivity index (χ3n) is 3.76. The van der Waals surface area contributed by atoms with Crippen LogP contribution in [0.15, 0.2) is 9.72 Å². The second kappa shape index (κ2) is 8.24. The van der Waals surface area contributed by atoms with Crippen molar-refractivity contribution in [3.05, 3.63) is 16.1 Å². The molecule has 26 heavy (non-hydrogen) atoms. The first-order chi connectivity index (χ1) is 12.5. The van der Waals surface area contributed by atoms with Crippen LogP contribution in [0.4, 0.5) is 5.13 Å². The Morgan fingerprint density at radius 1 is 1.46 bits per heavy atom. The third kappa shape index (κ3) is 4.28. The molecule has 0 unspecified atom stereocenters. The molecule has 0 N–H and O–H groups in total. The average molecular weight is 408 g/mol. The summed E-state index contributed by atoms with van der Waals surface area (Å²) in [5.41, 5.74) is 0.806. The summed E-state index contributed by atoms with van der Waals surface area (Å²) in [6.07, 6.45) is 2.40. The molecular formula is C16H17N5O2S3. The van der Waals surface area contributed by atoms with E-state index in [9.17, 15) is 14.9 Å². The number of hydrogen-bond donors (Lipinski definition) is 0. The highest BCUT2D eigenvalue weighted by Crippen LogP contribution is 2.36. The number of aryl methyl sites for hydroxylation is 1. The van der Waals surface area contributed by atoms with Gasteiger partial charge in [-0.1, -0.05) is 30.0 Å². The van der Waals surface area contributed by atoms with E-state index in [0.717, 1.165) is 18.5 Å². The first kappa shape index (κ1) is 18.9. The summed E-state index contributed by atoms with van der Waals surface area (Å²) in [5, 5.41) is 20.5. The van der Waals surface area contributed by atoms with Crippen molar-refractivity contribution in [2.45, 2.75) is 49.4 Å². The zero-order valence-electron chi connectivity index (χ0n) is 14.3. The summed E-state index contributed by atoms with van der Waals surface area (Å²) in [5.74, 6) is -0.887. The van der Waals surface area contributed by atoms with Crippen LogP contribution in [0.25, 0.3) is 0 Å². The fourth-order valence-corrected chi connectivity index (χ4v) is 5.01. The minimum atomic E-state index is -0.849. The molecule has 136 valence electrons. The molecule has 1 fully saturated rings. The molecule has 3 rings (SSSR count). The van der Waals surface area contributed by atoms with Crippen LogP contribution in [-0.4, -0.2) is 38.7 Å². The number of carbonyl (C=O) groups is 2. The maximum Gasteiger partial charge on any atom is 0.228 e. The van der Waals surface area contributed by atoms with Crippen molar-refractivity contribution in [1.82, 2.24) is 15.2 Å². The van der Waals surface area contributed by atoms with Crippen LogP contribution in [0.2, 0.25) is 0 Å². The van der Waals surface area contributed by atoms with Crippen LogP contribution in [0.1, 0.15) is 42.8 Å². The van der Waals surface area contributed by atoms with Gasteiger partial charge in [0.05, 0.1) is 11.8 Å². The number of Topliss-reactive ketones (excluding diaryl/α,β-unsaturated/α-hetero) is 1. The number of amides is 1. The quantitative estimate of drug-likeness (QED) is 0.489. The van der Waals surface area contributed by atoms with E-state index in [2.05, 4.69) is 15.2 Å². The Balaban J connectivity index is 1.63. The molecule has 0 aliphatic heterocycles. The van der Waals surface area contributed by atoms with Gasteiger partial charge in [0.25, 0.3) is 0 Å². The minimum absolute atomic E-state index is 0.0416.